The van der Waals surface area contributed by atoms with Crippen molar-refractivity contribution in [2.45, 2.75) is 45.7 Å². The van der Waals surface area contributed by atoms with E-state index < -0.39 is 7.92 Å². The number of methoxy groups -OCH3 is 2. The maximum atomic E-state index is 12.4. The Morgan fingerprint density at radius 1 is 1.07 bits per heavy atom. The fourth-order valence-corrected chi connectivity index (χ4v) is 7.31. The Morgan fingerprint density at radius 3 is 2.28 bits per heavy atom. The molecule has 2 rings (SSSR count). The molecule has 0 amide bonds. The summed E-state index contributed by atoms with van der Waals surface area (Å²) in [6.07, 6.45) is 1.85. The molecule has 29 heavy (non-hydrogen) atoms. The lowest BCUT2D eigenvalue weighted by Gasteiger charge is -2.41. The van der Waals surface area contributed by atoms with Crippen molar-refractivity contribution in [2.24, 2.45) is 0 Å². The maximum absolute atomic E-state index is 12.4. The molecule has 158 valence electrons. The number of benzene rings is 2. The van der Waals surface area contributed by atoms with Gasteiger partial charge in [-0.15, -0.1) is 0 Å². The van der Waals surface area contributed by atoms with Crippen LogP contribution in [0.2, 0.25) is 0 Å². The monoisotopic (exact) mass is 416 g/mol. The quantitative estimate of drug-likeness (QED) is 0.286. The standard InChI is InChI=1S/C24H33O4P/c1-8-24(9-2,20-14-11-15-21(27-6)22(20)28-16-26-5)29(7)23-17(3)12-10-13-19(23)18(4)25/h10-15H,8-9,16H2,1-7H3. The van der Waals surface area contributed by atoms with Crippen molar-refractivity contribution in [3.63, 3.8) is 0 Å². The van der Waals surface area contributed by atoms with Crippen molar-refractivity contribution >= 4 is 19.0 Å². The number of hydrogen-bond donors (Lipinski definition) is 0. The van der Waals surface area contributed by atoms with Gasteiger partial charge in [-0.05, 0) is 50.3 Å². The third-order valence-electron chi connectivity index (χ3n) is 5.79. The van der Waals surface area contributed by atoms with E-state index in [1.807, 2.05) is 24.3 Å². The minimum absolute atomic E-state index is 0.112. The molecule has 1 atom stereocenters. The summed E-state index contributed by atoms with van der Waals surface area (Å²) in [4.78, 5) is 12.4. The predicted molar refractivity (Wildman–Crippen MR) is 121 cm³/mol. The Bertz CT molecular complexity index is 843. The normalized spacial score (nSPS) is 12.5. The maximum Gasteiger partial charge on any atom is 0.188 e. The molecule has 0 saturated heterocycles. The fraction of sp³-hybridized carbons (Fsp3) is 0.458. The second kappa shape index (κ2) is 10.2. The zero-order valence-corrected chi connectivity index (χ0v) is 19.6. The first-order valence-electron chi connectivity index (χ1n) is 10.0. The molecule has 0 heterocycles. The molecule has 0 radical (unpaired) electrons. The van der Waals surface area contributed by atoms with Gasteiger partial charge in [0.2, 0.25) is 0 Å². The van der Waals surface area contributed by atoms with E-state index in [0.29, 0.717) is 5.75 Å². The van der Waals surface area contributed by atoms with E-state index >= 15 is 0 Å². The highest BCUT2D eigenvalue weighted by Gasteiger charge is 2.40. The van der Waals surface area contributed by atoms with Gasteiger partial charge in [0.15, 0.2) is 24.1 Å². The summed E-state index contributed by atoms with van der Waals surface area (Å²) in [5.41, 5.74) is 3.11. The van der Waals surface area contributed by atoms with Gasteiger partial charge in [-0.1, -0.05) is 52.1 Å². The van der Waals surface area contributed by atoms with Crippen LogP contribution in [-0.4, -0.2) is 33.5 Å². The lowest BCUT2D eigenvalue weighted by atomic mass is 9.91. The van der Waals surface area contributed by atoms with Gasteiger partial charge < -0.3 is 14.2 Å². The molecule has 0 aromatic heterocycles. The first-order valence-corrected chi connectivity index (χ1v) is 11.8. The van der Waals surface area contributed by atoms with E-state index in [0.717, 1.165) is 29.7 Å². The molecule has 4 nitrogen and oxygen atoms in total. The van der Waals surface area contributed by atoms with Crippen molar-refractivity contribution < 1.29 is 19.0 Å². The predicted octanol–water partition coefficient (Wildman–Crippen LogP) is 5.64. The van der Waals surface area contributed by atoms with Crippen LogP contribution in [0, 0.1) is 6.92 Å². The van der Waals surface area contributed by atoms with Gasteiger partial charge in [-0.25, -0.2) is 0 Å². The summed E-state index contributed by atoms with van der Waals surface area (Å²) in [6.45, 7) is 10.6. The number of Topliss-reactive ketones (excluding diaryl/α,β-unsaturated/α-hetero) is 1. The molecule has 5 heteroatoms. The summed E-state index contributed by atoms with van der Waals surface area (Å²) in [5.74, 6) is 1.54. The summed E-state index contributed by atoms with van der Waals surface area (Å²) >= 11 is 0. The molecule has 0 N–H and O–H groups in total. The van der Waals surface area contributed by atoms with Gasteiger partial charge in [-0.3, -0.25) is 4.79 Å². The van der Waals surface area contributed by atoms with Crippen molar-refractivity contribution in [3.05, 3.63) is 53.1 Å². The van der Waals surface area contributed by atoms with Crippen LogP contribution in [-0.2, 0) is 9.89 Å². The molecule has 0 spiro atoms. The second-order valence-electron chi connectivity index (χ2n) is 7.21. The summed E-state index contributed by atoms with van der Waals surface area (Å²) in [5, 5.41) is 1.02. The Labute approximate surface area is 176 Å². The van der Waals surface area contributed by atoms with Crippen LogP contribution in [0.5, 0.6) is 11.5 Å². The Morgan fingerprint density at radius 2 is 1.72 bits per heavy atom. The number of rotatable bonds is 10. The highest BCUT2D eigenvalue weighted by molar-refractivity contribution is 7.66. The first kappa shape index (κ1) is 23.4. The number of carbonyl (C=O) groups excluding carboxylic acids is 1. The number of carbonyl (C=O) groups is 1. The van der Waals surface area contributed by atoms with Crippen LogP contribution in [0.3, 0.4) is 0 Å². The molecule has 2 aromatic rings. The van der Waals surface area contributed by atoms with Crippen molar-refractivity contribution in [3.8, 4) is 11.5 Å². The largest absolute Gasteiger partial charge is 0.493 e. The summed E-state index contributed by atoms with van der Waals surface area (Å²) in [6, 6.07) is 12.1. The van der Waals surface area contributed by atoms with E-state index in [-0.39, 0.29) is 17.7 Å². The average molecular weight is 416 g/mol. The molecule has 0 bridgehead atoms. The Kier molecular flexibility index (Phi) is 8.24. The average Bonchev–Trinajstić information content (AvgIpc) is 2.73. The van der Waals surface area contributed by atoms with Crippen LogP contribution in [0.25, 0.3) is 0 Å². The van der Waals surface area contributed by atoms with E-state index in [1.54, 1.807) is 21.1 Å². The molecule has 0 saturated carbocycles. The number of ketones is 1. The lowest BCUT2D eigenvalue weighted by molar-refractivity contribution is 0.0479. The van der Waals surface area contributed by atoms with E-state index in [1.165, 1.54) is 10.9 Å². The third kappa shape index (κ3) is 4.49. The van der Waals surface area contributed by atoms with Crippen molar-refractivity contribution in [1.82, 2.24) is 0 Å². The van der Waals surface area contributed by atoms with E-state index in [9.17, 15) is 4.79 Å². The highest BCUT2D eigenvalue weighted by Crippen LogP contribution is 2.60. The minimum atomic E-state index is -0.720. The molecule has 0 aliphatic carbocycles. The molecule has 0 aliphatic heterocycles. The van der Waals surface area contributed by atoms with E-state index in [4.69, 9.17) is 14.2 Å². The smallest absolute Gasteiger partial charge is 0.188 e. The topological polar surface area (TPSA) is 44.8 Å². The summed E-state index contributed by atoms with van der Waals surface area (Å²) < 4.78 is 16.8. The van der Waals surface area contributed by atoms with E-state index in [2.05, 4.69) is 39.6 Å². The number of para-hydroxylation sites is 1. The Hall–Kier alpha value is -1.90. The SMILES string of the molecule is CCC(CC)(c1cccc(OC)c1OCOC)P(C)c1c(C)cccc1C(C)=O. The van der Waals surface area contributed by atoms with Gasteiger partial charge in [0.25, 0.3) is 0 Å². The zero-order chi connectivity index (χ0) is 21.6. The Balaban J connectivity index is 2.75. The number of hydrogen-bond acceptors (Lipinski definition) is 4. The third-order valence-corrected chi connectivity index (χ3v) is 9.21. The van der Waals surface area contributed by atoms with Crippen LogP contribution < -0.4 is 14.8 Å². The highest BCUT2D eigenvalue weighted by atomic mass is 31.1. The molecular formula is C24H33O4P. The van der Waals surface area contributed by atoms with Crippen LogP contribution in [0.1, 0.15) is 55.1 Å². The number of aryl methyl sites for hydroxylation is 1. The van der Waals surface area contributed by atoms with Crippen LogP contribution in [0.15, 0.2) is 36.4 Å². The lowest BCUT2D eigenvalue weighted by Crippen LogP contribution is -2.30. The van der Waals surface area contributed by atoms with Gasteiger partial charge in [0, 0.05) is 23.4 Å². The molecule has 0 fully saturated rings. The fourth-order valence-electron chi connectivity index (χ4n) is 4.20. The second-order valence-corrected chi connectivity index (χ2v) is 9.63. The van der Waals surface area contributed by atoms with Crippen molar-refractivity contribution in [1.29, 1.82) is 0 Å². The van der Waals surface area contributed by atoms with Crippen LogP contribution >= 0.6 is 7.92 Å². The van der Waals surface area contributed by atoms with Gasteiger partial charge in [-0.2, -0.15) is 0 Å². The minimum Gasteiger partial charge on any atom is -0.493 e. The van der Waals surface area contributed by atoms with Gasteiger partial charge in [0.1, 0.15) is 0 Å². The molecule has 0 aliphatic rings. The van der Waals surface area contributed by atoms with Crippen molar-refractivity contribution in [2.75, 3.05) is 27.7 Å². The molecular weight excluding hydrogens is 383 g/mol. The number of ether oxygens (including phenoxy) is 3. The van der Waals surface area contributed by atoms with Gasteiger partial charge >= 0.3 is 0 Å². The van der Waals surface area contributed by atoms with Crippen LogP contribution in [0.4, 0.5) is 0 Å². The van der Waals surface area contributed by atoms with Gasteiger partial charge in [0.05, 0.1) is 7.11 Å². The molecule has 1 unspecified atom stereocenters. The zero-order valence-electron chi connectivity index (χ0n) is 18.7. The summed E-state index contributed by atoms with van der Waals surface area (Å²) in [7, 11) is 2.55. The molecule has 2 aromatic carbocycles. The first-order chi connectivity index (χ1) is 13.9.